The molecule has 0 saturated carbocycles. The highest BCUT2D eigenvalue weighted by atomic mass is 28.4. The SMILES string of the molecule is CO[Si](O)(CN)OC. The molecule has 4 nitrogen and oxygen atoms in total. The van der Waals surface area contributed by atoms with Crippen LogP contribution in [0.4, 0.5) is 0 Å². The van der Waals surface area contributed by atoms with Gasteiger partial charge in [0, 0.05) is 14.2 Å². The van der Waals surface area contributed by atoms with E-state index < -0.39 is 8.80 Å². The lowest BCUT2D eigenvalue weighted by molar-refractivity contribution is 0.153. The van der Waals surface area contributed by atoms with Gasteiger partial charge in [0.15, 0.2) is 0 Å². The van der Waals surface area contributed by atoms with Crippen LogP contribution in [0.15, 0.2) is 0 Å². The van der Waals surface area contributed by atoms with Crippen molar-refractivity contribution in [3.63, 3.8) is 0 Å². The van der Waals surface area contributed by atoms with Gasteiger partial charge >= 0.3 is 8.80 Å². The van der Waals surface area contributed by atoms with Crippen molar-refractivity contribution in [2.24, 2.45) is 5.73 Å². The molecule has 0 aromatic carbocycles. The van der Waals surface area contributed by atoms with Crippen molar-refractivity contribution in [2.45, 2.75) is 0 Å². The molecule has 3 N–H and O–H groups in total. The van der Waals surface area contributed by atoms with E-state index in [2.05, 4.69) is 8.85 Å². The molecule has 0 bridgehead atoms. The van der Waals surface area contributed by atoms with Crippen LogP contribution in [-0.4, -0.2) is 34.0 Å². The van der Waals surface area contributed by atoms with Crippen LogP contribution in [0.5, 0.6) is 0 Å². The number of hydrogen-bond donors (Lipinski definition) is 2. The molecule has 0 saturated heterocycles. The minimum absolute atomic E-state index is 0.0694. The summed E-state index contributed by atoms with van der Waals surface area (Å²) in [6.45, 7) is 0. The van der Waals surface area contributed by atoms with Crippen LogP contribution < -0.4 is 5.73 Å². The molecule has 0 heterocycles. The van der Waals surface area contributed by atoms with Gasteiger partial charge in [-0.15, -0.1) is 0 Å². The smallest absolute Gasteiger partial charge is 0.389 e. The van der Waals surface area contributed by atoms with E-state index in [1.165, 1.54) is 14.2 Å². The van der Waals surface area contributed by atoms with Crippen LogP contribution in [0.25, 0.3) is 0 Å². The zero-order valence-corrected chi connectivity index (χ0v) is 6.05. The van der Waals surface area contributed by atoms with Crippen LogP contribution in [0, 0.1) is 0 Å². The normalized spacial score (nSPS) is 12.0. The van der Waals surface area contributed by atoms with Gasteiger partial charge in [0.2, 0.25) is 0 Å². The van der Waals surface area contributed by atoms with E-state index in [-0.39, 0.29) is 6.17 Å². The summed E-state index contributed by atoms with van der Waals surface area (Å²) < 4.78 is 9.17. The summed E-state index contributed by atoms with van der Waals surface area (Å²) in [5.41, 5.74) is 5.09. The Hall–Kier alpha value is 0.0569. The van der Waals surface area contributed by atoms with Crippen LogP contribution in [0.2, 0.25) is 0 Å². The molecule has 0 fully saturated rings. The third-order valence-electron chi connectivity index (χ3n) is 0.896. The van der Waals surface area contributed by atoms with Gasteiger partial charge < -0.3 is 19.4 Å². The maximum Gasteiger partial charge on any atom is 0.511 e. The molecule has 0 aromatic rings. The van der Waals surface area contributed by atoms with Gasteiger partial charge in [-0.1, -0.05) is 0 Å². The minimum atomic E-state index is -2.89. The first-order valence-corrected chi connectivity index (χ1v) is 4.18. The van der Waals surface area contributed by atoms with Crippen molar-refractivity contribution < 1.29 is 13.6 Å². The zero-order chi connectivity index (χ0) is 6.62. The highest BCUT2D eigenvalue weighted by Gasteiger charge is 2.31. The molecular weight excluding hydrogens is 126 g/mol. The number of rotatable bonds is 3. The van der Waals surface area contributed by atoms with Gasteiger partial charge in [0.05, 0.1) is 6.17 Å². The number of nitrogens with two attached hydrogens (primary N) is 1. The average molecular weight is 137 g/mol. The van der Waals surface area contributed by atoms with Gasteiger partial charge in [-0.2, -0.15) is 0 Å². The van der Waals surface area contributed by atoms with Crippen LogP contribution >= 0.6 is 0 Å². The van der Waals surface area contributed by atoms with Crippen molar-refractivity contribution in [2.75, 3.05) is 20.4 Å². The lowest BCUT2D eigenvalue weighted by Gasteiger charge is -2.16. The third kappa shape index (κ3) is 1.89. The standard InChI is InChI=1S/C3H11NO3Si/c1-6-8(5,3-4)7-2/h5H,3-4H2,1-2H3. The second-order valence-electron chi connectivity index (χ2n) is 1.33. The van der Waals surface area contributed by atoms with E-state index >= 15 is 0 Å². The Balaban J connectivity index is 3.58. The molecule has 0 atom stereocenters. The second kappa shape index (κ2) is 3.16. The summed E-state index contributed by atoms with van der Waals surface area (Å²) in [4.78, 5) is 9.01. The van der Waals surface area contributed by atoms with E-state index in [0.29, 0.717) is 0 Å². The van der Waals surface area contributed by atoms with Gasteiger partial charge in [-0.25, -0.2) is 0 Å². The Kier molecular flexibility index (Phi) is 3.18. The summed E-state index contributed by atoms with van der Waals surface area (Å²) in [5.74, 6) is 0. The fraction of sp³-hybridized carbons (Fsp3) is 1.00. The van der Waals surface area contributed by atoms with Crippen LogP contribution in [0.1, 0.15) is 0 Å². The summed E-state index contributed by atoms with van der Waals surface area (Å²) in [6.07, 6.45) is 0.0694. The van der Waals surface area contributed by atoms with Gasteiger partial charge in [-0.05, 0) is 0 Å². The monoisotopic (exact) mass is 137 g/mol. The third-order valence-corrected chi connectivity index (χ3v) is 2.69. The first-order valence-electron chi connectivity index (χ1n) is 2.21. The number of hydrogen-bond acceptors (Lipinski definition) is 4. The Morgan fingerprint density at radius 2 is 1.88 bits per heavy atom. The highest BCUT2D eigenvalue weighted by molar-refractivity contribution is 6.59. The molecule has 0 aliphatic carbocycles. The fourth-order valence-electron chi connectivity index (χ4n) is 0.250. The lowest BCUT2D eigenvalue weighted by Crippen LogP contribution is -2.48. The molecule has 0 radical (unpaired) electrons. The van der Waals surface area contributed by atoms with E-state index in [1.54, 1.807) is 0 Å². The topological polar surface area (TPSA) is 64.7 Å². The Labute approximate surface area is 49.6 Å². The van der Waals surface area contributed by atoms with Crippen molar-refractivity contribution in [1.29, 1.82) is 0 Å². The Bertz CT molecular complexity index is 57.3. The molecule has 50 valence electrons. The van der Waals surface area contributed by atoms with Crippen molar-refractivity contribution in [1.82, 2.24) is 0 Å². The quantitative estimate of drug-likeness (QED) is 0.475. The molecule has 0 aliphatic rings. The van der Waals surface area contributed by atoms with E-state index in [1.807, 2.05) is 0 Å². The minimum Gasteiger partial charge on any atom is -0.389 e. The maximum absolute atomic E-state index is 9.01. The van der Waals surface area contributed by atoms with Crippen molar-refractivity contribution in [3.8, 4) is 0 Å². The highest BCUT2D eigenvalue weighted by Crippen LogP contribution is 1.94. The van der Waals surface area contributed by atoms with Crippen molar-refractivity contribution >= 4 is 8.80 Å². The van der Waals surface area contributed by atoms with E-state index in [9.17, 15) is 0 Å². The Morgan fingerprint density at radius 1 is 1.50 bits per heavy atom. The largest absolute Gasteiger partial charge is 0.511 e. The summed E-state index contributed by atoms with van der Waals surface area (Å²) in [5, 5.41) is 0. The first-order chi connectivity index (χ1) is 3.68. The molecule has 0 aliphatic heterocycles. The molecule has 0 unspecified atom stereocenters. The van der Waals surface area contributed by atoms with Gasteiger partial charge in [0.25, 0.3) is 0 Å². The lowest BCUT2D eigenvalue weighted by atomic mass is 11.5. The Morgan fingerprint density at radius 3 is 1.88 bits per heavy atom. The maximum atomic E-state index is 9.01. The molecule has 5 heteroatoms. The fourth-order valence-corrected chi connectivity index (χ4v) is 0.750. The first kappa shape index (κ1) is 8.06. The second-order valence-corrected chi connectivity index (χ2v) is 3.98. The summed E-state index contributed by atoms with van der Waals surface area (Å²) in [7, 11) is -0.138. The van der Waals surface area contributed by atoms with Crippen molar-refractivity contribution in [3.05, 3.63) is 0 Å². The molecular formula is C3H11NO3Si. The summed E-state index contributed by atoms with van der Waals surface area (Å²) in [6, 6.07) is 0. The van der Waals surface area contributed by atoms with E-state index in [0.717, 1.165) is 0 Å². The predicted molar refractivity (Wildman–Crippen MR) is 31.0 cm³/mol. The zero-order valence-electron chi connectivity index (χ0n) is 5.05. The predicted octanol–water partition coefficient (Wildman–Crippen LogP) is -1.29. The molecule has 0 rings (SSSR count). The van der Waals surface area contributed by atoms with Crippen LogP contribution in [0.3, 0.4) is 0 Å². The van der Waals surface area contributed by atoms with E-state index in [4.69, 9.17) is 10.5 Å². The molecule has 0 amide bonds. The van der Waals surface area contributed by atoms with Crippen LogP contribution in [-0.2, 0) is 8.85 Å². The summed E-state index contributed by atoms with van der Waals surface area (Å²) >= 11 is 0. The molecule has 0 aromatic heterocycles. The molecule has 8 heavy (non-hydrogen) atoms. The van der Waals surface area contributed by atoms with Gasteiger partial charge in [0.1, 0.15) is 0 Å². The molecule has 0 spiro atoms. The average Bonchev–Trinajstić information content (AvgIpc) is 1.87. The van der Waals surface area contributed by atoms with Gasteiger partial charge in [-0.3, -0.25) is 0 Å².